The summed E-state index contributed by atoms with van der Waals surface area (Å²) in [5, 5.41) is 22.7. The number of carbonyl (C=O) groups is 1. The third-order valence-electron chi connectivity index (χ3n) is 4.70. The number of aliphatic hydroxyl groups is 2. The first-order valence-corrected chi connectivity index (χ1v) is 9.98. The van der Waals surface area contributed by atoms with E-state index in [1.54, 1.807) is 32.1 Å². The minimum atomic E-state index is -4.80. The Labute approximate surface area is 189 Å². The summed E-state index contributed by atoms with van der Waals surface area (Å²) in [4.78, 5) is 16.2. The van der Waals surface area contributed by atoms with Gasteiger partial charge in [0.15, 0.2) is 0 Å². The summed E-state index contributed by atoms with van der Waals surface area (Å²) in [6.07, 6.45) is -0.00821. The summed E-state index contributed by atoms with van der Waals surface area (Å²) in [6, 6.07) is 7.02. The van der Waals surface area contributed by atoms with Crippen molar-refractivity contribution < 1.29 is 32.9 Å². The zero-order chi connectivity index (χ0) is 24.6. The summed E-state index contributed by atoms with van der Waals surface area (Å²) in [6.45, 7) is 6.39. The molecular weight excluding hydrogens is 437 g/mol. The maximum absolute atomic E-state index is 12.5. The molecule has 33 heavy (non-hydrogen) atoms. The Hall–Kier alpha value is -3.43. The summed E-state index contributed by atoms with van der Waals surface area (Å²) >= 11 is 0. The largest absolute Gasteiger partial charge is 0.573 e. The van der Waals surface area contributed by atoms with Crippen molar-refractivity contribution in [3.63, 3.8) is 0 Å². The number of aliphatic hydroxyl groups excluding tert-OH is 2. The van der Waals surface area contributed by atoms with Gasteiger partial charge in [0.2, 0.25) is 5.91 Å². The predicted octanol–water partition coefficient (Wildman–Crippen LogP) is 4.67. The monoisotopic (exact) mass is 462 g/mol. The first-order valence-electron chi connectivity index (χ1n) is 9.98. The molecule has 1 atom stereocenters. The Balaban J connectivity index is 2.67. The van der Waals surface area contributed by atoms with E-state index in [-0.39, 0.29) is 12.3 Å². The van der Waals surface area contributed by atoms with E-state index in [1.165, 1.54) is 30.5 Å². The van der Waals surface area contributed by atoms with Crippen LogP contribution in [0.25, 0.3) is 11.1 Å². The lowest BCUT2D eigenvalue weighted by atomic mass is 9.90. The number of benzene rings is 2. The number of amides is 1. The molecule has 0 heterocycles. The summed E-state index contributed by atoms with van der Waals surface area (Å²) in [5.74, 6) is -0.796. The number of hydrogen-bond donors (Lipinski definition) is 3. The molecule has 0 saturated heterocycles. The van der Waals surface area contributed by atoms with Crippen LogP contribution in [0.5, 0.6) is 5.75 Å². The zero-order valence-electron chi connectivity index (χ0n) is 18.2. The quantitative estimate of drug-likeness (QED) is 0.373. The average Bonchev–Trinajstić information content (AvgIpc) is 2.77. The fraction of sp³-hybridized carbons (Fsp3) is 0.250. The van der Waals surface area contributed by atoms with Gasteiger partial charge in [0.05, 0.1) is 12.3 Å². The van der Waals surface area contributed by atoms with Crippen molar-refractivity contribution in [1.82, 2.24) is 5.32 Å². The Morgan fingerprint density at radius 2 is 1.97 bits per heavy atom. The lowest BCUT2D eigenvalue weighted by molar-refractivity contribution is -0.274. The molecule has 176 valence electrons. The van der Waals surface area contributed by atoms with Gasteiger partial charge in [-0.2, -0.15) is 0 Å². The Kier molecular flexibility index (Phi) is 8.95. The van der Waals surface area contributed by atoms with Gasteiger partial charge in [-0.3, -0.25) is 9.79 Å². The van der Waals surface area contributed by atoms with Gasteiger partial charge in [-0.05, 0) is 66.5 Å². The fourth-order valence-electron chi connectivity index (χ4n) is 3.21. The van der Waals surface area contributed by atoms with Crippen molar-refractivity contribution in [2.75, 3.05) is 6.61 Å². The highest BCUT2D eigenvalue weighted by Crippen LogP contribution is 2.39. The number of hydrogen-bond acceptors (Lipinski definition) is 5. The van der Waals surface area contributed by atoms with Crippen molar-refractivity contribution in [3.05, 3.63) is 71.8 Å². The topological polar surface area (TPSA) is 91.2 Å². The third-order valence-corrected chi connectivity index (χ3v) is 4.70. The van der Waals surface area contributed by atoms with Crippen molar-refractivity contribution in [3.8, 4) is 16.9 Å². The summed E-state index contributed by atoms with van der Waals surface area (Å²) in [5.41, 5.74) is 3.02. The molecule has 2 aromatic rings. The van der Waals surface area contributed by atoms with Gasteiger partial charge in [-0.1, -0.05) is 24.8 Å². The van der Waals surface area contributed by atoms with Crippen LogP contribution in [0.3, 0.4) is 0 Å². The maximum atomic E-state index is 12.5. The minimum Gasteiger partial charge on any atom is -0.406 e. The van der Waals surface area contributed by atoms with Crippen LogP contribution in [0.4, 0.5) is 18.9 Å². The van der Waals surface area contributed by atoms with E-state index in [0.717, 1.165) is 6.08 Å². The zero-order valence-corrected chi connectivity index (χ0v) is 18.2. The van der Waals surface area contributed by atoms with E-state index < -0.39 is 25.0 Å². The second-order valence-corrected chi connectivity index (χ2v) is 6.97. The Morgan fingerprint density at radius 1 is 1.30 bits per heavy atom. The lowest BCUT2D eigenvalue weighted by Crippen LogP contribution is -2.22. The number of nitrogens with zero attached hydrogens (tertiary/aromatic N) is 1. The van der Waals surface area contributed by atoms with E-state index >= 15 is 0 Å². The van der Waals surface area contributed by atoms with Gasteiger partial charge in [0, 0.05) is 18.3 Å². The van der Waals surface area contributed by atoms with Gasteiger partial charge < -0.3 is 20.3 Å². The molecule has 0 fully saturated rings. The minimum absolute atomic E-state index is 0.00589. The number of nitrogens with one attached hydrogen (secondary N) is 1. The van der Waals surface area contributed by atoms with Crippen molar-refractivity contribution in [2.24, 2.45) is 4.99 Å². The highest BCUT2D eigenvalue weighted by Gasteiger charge is 2.31. The molecule has 2 rings (SSSR count). The second-order valence-electron chi connectivity index (χ2n) is 6.97. The molecule has 0 spiro atoms. The van der Waals surface area contributed by atoms with E-state index in [0.29, 0.717) is 33.5 Å². The number of alkyl halides is 3. The molecule has 9 heteroatoms. The SMILES string of the molecule is C=CC(=O)NCc1cc(-c2ccc(OC(F)(F)F)cc2)c(C)c(/N=C\C=C/C)c1[C@@H](O)CO. The van der Waals surface area contributed by atoms with Gasteiger partial charge in [0.25, 0.3) is 0 Å². The van der Waals surface area contributed by atoms with Crippen LogP contribution in [0.1, 0.15) is 29.7 Å². The normalized spacial score (nSPS) is 12.8. The van der Waals surface area contributed by atoms with E-state index in [1.807, 2.05) is 0 Å². The molecule has 0 bridgehead atoms. The lowest BCUT2D eigenvalue weighted by Gasteiger charge is -2.21. The van der Waals surface area contributed by atoms with Crippen molar-refractivity contribution >= 4 is 17.8 Å². The number of ether oxygens (including phenoxy) is 1. The summed E-state index contributed by atoms with van der Waals surface area (Å²) < 4.78 is 41.4. The maximum Gasteiger partial charge on any atom is 0.573 e. The van der Waals surface area contributed by atoms with Gasteiger partial charge in [-0.25, -0.2) is 0 Å². The standard InChI is InChI=1S/C24H25F3N2O4/c1-4-6-11-28-23-15(3)19(16-7-9-18(10-8-16)33-24(25,26)27)12-17(13-29-21(32)5-2)22(23)20(31)14-30/h4-12,20,30-31H,2,13-14H2,1,3H3,(H,29,32)/b6-4-,28-11-/t20-/m0/s1. The van der Waals surface area contributed by atoms with Crippen LogP contribution in [-0.2, 0) is 11.3 Å². The van der Waals surface area contributed by atoms with E-state index in [2.05, 4.69) is 21.6 Å². The van der Waals surface area contributed by atoms with Gasteiger partial charge >= 0.3 is 6.36 Å². The number of allylic oxidation sites excluding steroid dienone is 2. The van der Waals surface area contributed by atoms with Crippen LogP contribution < -0.4 is 10.1 Å². The Bertz CT molecular complexity index is 1050. The molecule has 3 N–H and O–H groups in total. The number of halogens is 3. The van der Waals surface area contributed by atoms with Gasteiger partial charge in [-0.15, -0.1) is 13.2 Å². The average molecular weight is 462 g/mol. The molecule has 6 nitrogen and oxygen atoms in total. The molecule has 0 aromatic heterocycles. The molecule has 0 aliphatic heterocycles. The fourth-order valence-corrected chi connectivity index (χ4v) is 3.21. The summed E-state index contributed by atoms with van der Waals surface area (Å²) in [7, 11) is 0. The molecule has 0 radical (unpaired) electrons. The van der Waals surface area contributed by atoms with Crippen LogP contribution >= 0.6 is 0 Å². The third kappa shape index (κ3) is 7.03. The highest BCUT2D eigenvalue weighted by molar-refractivity contribution is 5.87. The first-order chi connectivity index (χ1) is 15.6. The first kappa shape index (κ1) is 25.8. The number of carbonyl (C=O) groups excluding carboxylic acids is 1. The molecule has 0 unspecified atom stereocenters. The second kappa shape index (κ2) is 11.4. The van der Waals surface area contributed by atoms with Crippen molar-refractivity contribution in [1.29, 1.82) is 0 Å². The molecular formula is C24H25F3N2O4. The molecule has 0 aliphatic carbocycles. The number of rotatable bonds is 9. The van der Waals surface area contributed by atoms with E-state index in [4.69, 9.17) is 0 Å². The van der Waals surface area contributed by atoms with Crippen LogP contribution in [-0.4, -0.2) is 35.3 Å². The van der Waals surface area contributed by atoms with E-state index in [9.17, 15) is 28.2 Å². The van der Waals surface area contributed by atoms with Crippen LogP contribution in [0, 0.1) is 6.92 Å². The van der Waals surface area contributed by atoms with Crippen LogP contribution in [0.2, 0.25) is 0 Å². The number of aliphatic imine (C=N–C) groups is 1. The molecule has 1 amide bonds. The molecule has 2 aromatic carbocycles. The Morgan fingerprint density at radius 3 is 2.52 bits per heavy atom. The molecule has 0 saturated carbocycles. The smallest absolute Gasteiger partial charge is 0.406 e. The highest BCUT2D eigenvalue weighted by atomic mass is 19.4. The van der Waals surface area contributed by atoms with Gasteiger partial charge in [0.1, 0.15) is 11.9 Å². The predicted molar refractivity (Wildman–Crippen MR) is 120 cm³/mol. The van der Waals surface area contributed by atoms with Crippen molar-refractivity contribution in [2.45, 2.75) is 32.9 Å². The van der Waals surface area contributed by atoms with Crippen LogP contribution in [0.15, 0.2) is 60.1 Å². The molecule has 0 aliphatic rings.